The molecule has 0 bridgehead atoms. The molecule has 2 heterocycles. The van der Waals surface area contributed by atoms with Gasteiger partial charge in [0.1, 0.15) is 0 Å². The molecule has 1 aliphatic heterocycles. The molecule has 0 spiro atoms. The molecular weight excluding hydrogens is 434 g/mol. The topological polar surface area (TPSA) is 79.3 Å². The minimum atomic E-state index is -0.176. The minimum Gasteiger partial charge on any atom is -0.360 e. The van der Waals surface area contributed by atoms with Gasteiger partial charge < -0.3 is 15.5 Å². The first kappa shape index (κ1) is 19.2. The number of amides is 2. The largest absolute Gasteiger partial charge is 0.360 e. The number of piperazine rings is 1. The highest BCUT2D eigenvalue weighted by Gasteiger charge is 2.16. The van der Waals surface area contributed by atoms with Crippen molar-refractivity contribution in [1.29, 1.82) is 0 Å². The van der Waals surface area contributed by atoms with Gasteiger partial charge in [0, 0.05) is 36.0 Å². The van der Waals surface area contributed by atoms with Crippen LogP contribution >= 0.6 is 15.9 Å². The van der Waals surface area contributed by atoms with E-state index < -0.39 is 0 Å². The lowest BCUT2D eigenvalue weighted by Crippen LogP contribution is -2.47. The molecule has 8 heteroatoms. The van der Waals surface area contributed by atoms with Crippen molar-refractivity contribution in [2.75, 3.05) is 24.5 Å². The Labute approximate surface area is 176 Å². The van der Waals surface area contributed by atoms with Gasteiger partial charge in [0.15, 0.2) is 0 Å². The number of aromatic nitrogens is 2. The molecule has 0 atom stereocenters. The van der Waals surface area contributed by atoms with Gasteiger partial charge in [0.05, 0.1) is 24.0 Å². The Morgan fingerprint density at radius 1 is 1.10 bits per heavy atom. The third-order valence-corrected chi connectivity index (χ3v) is 5.26. The molecule has 0 saturated carbocycles. The maximum absolute atomic E-state index is 12.4. The van der Waals surface area contributed by atoms with Gasteiger partial charge in [-0.2, -0.15) is 5.10 Å². The second-order valence-electron chi connectivity index (χ2n) is 6.77. The quantitative estimate of drug-likeness (QED) is 0.621. The van der Waals surface area contributed by atoms with Crippen LogP contribution < -0.4 is 15.5 Å². The van der Waals surface area contributed by atoms with E-state index in [1.165, 1.54) is 0 Å². The lowest BCUT2D eigenvalue weighted by molar-refractivity contribution is -0.120. The van der Waals surface area contributed by atoms with Crippen molar-refractivity contribution in [2.24, 2.45) is 0 Å². The molecule has 0 unspecified atom stereocenters. The fourth-order valence-corrected chi connectivity index (χ4v) is 3.41. The lowest BCUT2D eigenvalue weighted by Gasteiger charge is -2.28. The number of rotatable bonds is 5. The molecule has 0 radical (unpaired) electrons. The van der Waals surface area contributed by atoms with Gasteiger partial charge in [0.2, 0.25) is 5.91 Å². The first-order valence-electron chi connectivity index (χ1n) is 9.28. The highest BCUT2D eigenvalue weighted by Crippen LogP contribution is 2.17. The molecule has 7 nitrogen and oxygen atoms in total. The van der Waals surface area contributed by atoms with E-state index in [1.54, 1.807) is 17.1 Å². The number of hydrogen-bond acceptors (Lipinski definition) is 4. The molecule has 148 valence electrons. The number of nitrogens with zero attached hydrogens (tertiary/aromatic N) is 3. The van der Waals surface area contributed by atoms with E-state index in [-0.39, 0.29) is 11.8 Å². The Morgan fingerprint density at radius 3 is 2.55 bits per heavy atom. The summed E-state index contributed by atoms with van der Waals surface area (Å²) in [6.45, 7) is 2.25. The SMILES string of the molecule is O=C1CN(c2ccc(CNC(=O)c3cnn(-c4ccc(Br)cc4)c3)cc2)CCN1. The Hall–Kier alpha value is -3.13. The van der Waals surface area contributed by atoms with E-state index in [0.717, 1.165) is 28.0 Å². The zero-order valence-corrected chi connectivity index (χ0v) is 17.2. The molecule has 2 aromatic carbocycles. The third-order valence-electron chi connectivity index (χ3n) is 4.73. The summed E-state index contributed by atoms with van der Waals surface area (Å²) in [4.78, 5) is 26.0. The predicted octanol–water partition coefficient (Wildman–Crippen LogP) is 2.50. The summed E-state index contributed by atoms with van der Waals surface area (Å²) in [6, 6.07) is 15.6. The van der Waals surface area contributed by atoms with E-state index in [9.17, 15) is 9.59 Å². The molecule has 1 saturated heterocycles. The van der Waals surface area contributed by atoms with Crippen LogP contribution in [0, 0.1) is 0 Å². The first-order valence-corrected chi connectivity index (χ1v) is 10.1. The second kappa shape index (κ2) is 8.48. The standard InChI is InChI=1S/C21H20BrN5O2/c22-17-3-7-19(8-4-17)27-13-16(12-25-27)21(29)24-11-15-1-5-18(6-2-15)26-10-9-23-20(28)14-26/h1-8,12-13H,9-11,14H2,(H,23,28)(H,24,29). The van der Waals surface area contributed by atoms with Crippen LogP contribution in [0.4, 0.5) is 5.69 Å². The fraction of sp³-hybridized carbons (Fsp3) is 0.190. The fourth-order valence-electron chi connectivity index (χ4n) is 3.14. The highest BCUT2D eigenvalue weighted by molar-refractivity contribution is 9.10. The van der Waals surface area contributed by atoms with Crippen LogP contribution in [0.1, 0.15) is 15.9 Å². The van der Waals surface area contributed by atoms with Gasteiger partial charge in [-0.15, -0.1) is 0 Å². The summed E-state index contributed by atoms with van der Waals surface area (Å²) < 4.78 is 2.66. The summed E-state index contributed by atoms with van der Waals surface area (Å²) in [5.74, 6) is -0.138. The Morgan fingerprint density at radius 2 is 1.83 bits per heavy atom. The maximum Gasteiger partial charge on any atom is 0.254 e. The number of carbonyl (C=O) groups is 2. The van der Waals surface area contributed by atoms with Crippen molar-refractivity contribution in [3.05, 3.63) is 76.5 Å². The normalized spacial score (nSPS) is 13.8. The zero-order chi connectivity index (χ0) is 20.2. The zero-order valence-electron chi connectivity index (χ0n) is 15.6. The van der Waals surface area contributed by atoms with Crippen LogP contribution in [-0.4, -0.2) is 41.2 Å². The molecule has 0 aliphatic carbocycles. The third kappa shape index (κ3) is 4.65. The van der Waals surface area contributed by atoms with E-state index in [0.29, 0.717) is 25.2 Å². The average molecular weight is 454 g/mol. The number of carbonyl (C=O) groups excluding carboxylic acids is 2. The number of hydrogen-bond donors (Lipinski definition) is 2. The van der Waals surface area contributed by atoms with Crippen LogP contribution in [0.3, 0.4) is 0 Å². The lowest BCUT2D eigenvalue weighted by atomic mass is 10.1. The number of benzene rings is 2. The van der Waals surface area contributed by atoms with Crippen molar-refractivity contribution in [3.63, 3.8) is 0 Å². The van der Waals surface area contributed by atoms with Gasteiger partial charge in [0.25, 0.3) is 5.91 Å². The van der Waals surface area contributed by atoms with Gasteiger partial charge in [-0.25, -0.2) is 4.68 Å². The van der Waals surface area contributed by atoms with Crippen molar-refractivity contribution >= 4 is 33.4 Å². The Bertz CT molecular complexity index is 1010. The van der Waals surface area contributed by atoms with E-state index in [1.807, 2.05) is 53.4 Å². The smallest absolute Gasteiger partial charge is 0.254 e. The molecule has 1 aromatic heterocycles. The van der Waals surface area contributed by atoms with Crippen LogP contribution in [0.5, 0.6) is 0 Å². The molecule has 3 aromatic rings. The molecule has 29 heavy (non-hydrogen) atoms. The molecule has 2 N–H and O–H groups in total. The Balaban J connectivity index is 1.35. The molecule has 1 aliphatic rings. The van der Waals surface area contributed by atoms with Crippen LogP contribution in [-0.2, 0) is 11.3 Å². The summed E-state index contributed by atoms with van der Waals surface area (Å²) in [5.41, 5.74) is 3.38. The van der Waals surface area contributed by atoms with Crippen molar-refractivity contribution < 1.29 is 9.59 Å². The number of anilines is 1. The second-order valence-corrected chi connectivity index (χ2v) is 7.69. The summed E-state index contributed by atoms with van der Waals surface area (Å²) in [6.07, 6.45) is 3.27. The van der Waals surface area contributed by atoms with Crippen LogP contribution in [0.15, 0.2) is 65.4 Å². The number of halogens is 1. The maximum atomic E-state index is 12.4. The summed E-state index contributed by atoms with van der Waals surface area (Å²) in [5, 5.41) is 10.0. The minimum absolute atomic E-state index is 0.0382. The van der Waals surface area contributed by atoms with Crippen molar-refractivity contribution in [2.45, 2.75) is 6.54 Å². The van der Waals surface area contributed by atoms with E-state index in [4.69, 9.17) is 0 Å². The molecular formula is C21H20BrN5O2. The van der Waals surface area contributed by atoms with Gasteiger partial charge in [-0.3, -0.25) is 9.59 Å². The van der Waals surface area contributed by atoms with E-state index >= 15 is 0 Å². The van der Waals surface area contributed by atoms with Crippen LogP contribution in [0.2, 0.25) is 0 Å². The molecule has 2 amide bonds. The first-order chi connectivity index (χ1) is 14.1. The Kier molecular flexibility index (Phi) is 5.62. The summed E-state index contributed by atoms with van der Waals surface area (Å²) in [7, 11) is 0. The number of nitrogens with one attached hydrogen (secondary N) is 2. The van der Waals surface area contributed by atoms with Gasteiger partial charge >= 0.3 is 0 Å². The van der Waals surface area contributed by atoms with Crippen molar-refractivity contribution in [3.8, 4) is 5.69 Å². The molecule has 1 fully saturated rings. The average Bonchev–Trinajstić information content (AvgIpc) is 3.23. The predicted molar refractivity (Wildman–Crippen MR) is 114 cm³/mol. The van der Waals surface area contributed by atoms with Gasteiger partial charge in [-0.1, -0.05) is 28.1 Å². The van der Waals surface area contributed by atoms with Crippen LogP contribution in [0.25, 0.3) is 5.69 Å². The molecule has 4 rings (SSSR count). The van der Waals surface area contributed by atoms with Gasteiger partial charge in [-0.05, 0) is 42.0 Å². The summed E-state index contributed by atoms with van der Waals surface area (Å²) >= 11 is 3.40. The van der Waals surface area contributed by atoms with E-state index in [2.05, 4.69) is 31.7 Å². The highest BCUT2D eigenvalue weighted by atomic mass is 79.9. The van der Waals surface area contributed by atoms with Crippen molar-refractivity contribution in [1.82, 2.24) is 20.4 Å². The monoisotopic (exact) mass is 453 g/mol.